The van der Waals surface area contributed by atoms with Crippen LogP contribution in [0.25, 0.3) is 0 Å². The van der Waals surface area contributed by atoms with Gasteiger partial charge < -0.3 is 25.5 Å². The average Bonchev–Trinajstić information content (AvgIpc) is 3.20. The van der Waals surface area contributed by atoms with E-state index >= 15 is 0 Å². The van der Waals surface area contributed by atoms with Crippen molar-refractivity contribution in [1.29, 1.82) is 0 Å². The minimum atomic E-state index is -0.122. The van der Waals surface area contributed by atoms with E-state index in [2.05, 4.69) is 5.10 Å². The standard InChI is InChI=1S/C23H23N3O4/c1-14(2)17-11-18(20(28)12-19(17)27)23(25-24)26(15-6-4-3-5-7-15)16-8-9-21-22(10-16)30-13-29-21/h3-12,14,27-28H,13,24H2,1-2H3. The maximum absolute atomic E-state index is 10.6. The van der Waals surface area contributed by atoms with E-state index in [1.165, 1.54) is 6.07 Å². The van der Waals surface area contributed by atoms with E-state index in [0.29, 0.717) is 28.5 Å². The van der Waals surface area contributed by atoms with E-state index in [0.717, 1.165) is 11.4 Å². The van der Waals surface area contributed by atoms with Crippen LogP contribution in [-0.4, -0.2) is 22.8 Å². The second kappa shape index (κ2) is 7.87. The predicted molar refractivity (Wildman–Crippen MR) is 116 cm³/mol. The van der Waals surface area contributed by atoms with E-state index in [9.17, 15) is 10.2 Å². The van der Waals surface area contributed by atoms with Crippen molar-refractivity contribution in [2.45, 2.75) is 19.8 Å². The molecule has 1 aliphatic heterocycles. The normalized spacial score (nSPS) is 13.0. The maximum atomic E-state index is 10.6. The third-order valence-electron chi connectivity index (χ3n) is 4.97. The molecule has 3 aromatic carbocycles. The van der Waals surface area contributed by atoms with Gasteiger partial charge in [-0.15, -0.1) is 0 Å². The molecule has 0 aromatic heterocycles. The van der Waals surface area contributed by atoms with E-state index < -0.39 is 0 Å². The van der Waals surface area contributed by atoms with Crippen LogP contribution in [0.2, 0.25) is 0 Å². The molecule has 1 aliphatic rings. The minimum Gasteiger partial charge on any atom is -0.508 e. The van der Waals surface area contributed by atoms with Crippen molar-refractivity contribution in [3.63, 3.8) is 0 Å². The van der Waals surface area contributed by atoms with Crippen molar-refractivity contribution in [2.75, 3.05) is 11.7 Å². The van der Waals surface area contributed by atoms with Crippen LogP contribution >= 0.6 is 0 Å². The van der Waals surface area contributed by atoms with Gasteiger partial charge in [0, 0.05) is 17.8 Å². The smallest absolute Gasteiger partial charge is 0.231 e. The number of nitrogens with zero attached hydrogens (tertiary/aromatic N) is 2. The van der Waals surface area contributed by atoms with Gasteiger partial charge in [0.1, 0.15) is 11.5 Å². The molecular formula is C23H23N3O4. The van der Waals surface area contributed by atoms with Gasteiger partial charge in [-0.1, -0.05) is 32.0 Å². The van der Waals surface area contributed by atoms with Gasteiger partial charge in [-0.05, 0) is 41.8 Å². The number of phenolic OH excluding ortho intramolecular Hbond substituents is 2. The fourth-order valence-corrected chi connectivity index (χ4v) is 3.48. The molecule has 0 fully saturated rings. The van der Waals surface area contributed by atoms with Crippen molar-refractivity contribution in [3.8, 4) is 23.0 Å². The van der Waals surface area contributed by atoms with Gasteiger partial charge >= 0.3 is 0 Å². The zero-order chi connectivity index (χ0) is 21.3. The Hall–Kier alpha value is -3.87. The second-order valence-electron chi connectivity index (χ2n) is 7.24. The van der Waals surface area contributed by atoms with E-state index in [4.69, 9.17) is 15.3 Å². The molecule has 0 amide bonds. The van der Waals surface area contributed by atoms with Gasteiger partial charge in [0.15, 0.2) is 17.3 Å². The molecule has 3 aromatic rings. The molecule has 4 N–H and O–H groups in total. The summed E-state index contributed by atoms with van der Waals surface area (Å²) in [5.74, 6) is 7.38. The number of nitrogens with two attached hydrogens (primary N) is 1. The fourth-order valence-electron chi connectivity index (χ4n) is 3.48. The number of phenols is 2. The quantitative estimate of drug-likeness (QED) is 0.257. The number of ether oxygens (including phenoxy) is 2. The first-order valence-corrected chi connectivity index (χ1v) is 9.58. The average molecular weight is 405 g/mol. The zero-order valence-electron chi connectivity index (χ0n) is 16.7. The number of amidine groups is 1. The molecule has 154 valence electrons. The van der Waals surface area contributed by atoms with Crippen LogP contribution in [0.15, 0.2) is 65.8 Å². The third kappa shape index (κ3) is 3.45. The van der Waals surface area contributed by atoms with E-state index in [1.54, 1.807) is 6.07 Å². The molecule has 0 atom stereocenters. The van der Waals surface area contributed by atoms with Gasteiger partial charge in [0.2, 0.25) is 6.79 Å². The van der Waals surface area contributed by atoms with Crippen molar-refractivity contribution in [3.05, 3.63) is 71.8 Å². The number of hydrazone groups is 1. The number of anilines is 2. The lowest BCUT2D eigenvalue weighted by Crippen LogP contribution is -2.28. The monoisotopic (exact) mass is 405 g/mol. The van der Waals surface area contributed by atoms with Crippen LogP contribution in [0.5, 0.6) is 23.0 Å². The summed E-state index contributed by atoms with van der Waals surface area (Å²) < 4.78 is 11.0. The highest BCUT2D eigenvalue weighted by molar-refractivity contribution is 6.15. The SMILES string of the molecule is CC(C)c1cc(C(=NN)N(c2ccccc2)c2ccc3c(c2)OCO3)c(O)cc1O. The summed E-state index contributed by atoms with van der Waals surface area (Å²) in [6.07, 6.45) is 0. The Bertz CT molecular complexity index is 1100. The first-order valence-electron chi connectivity index (χ1n) is 9.58. The fraction of sp³-hybridized carbons (Fsp3) is 0.174. The maximum Gasteiger partial charge on any atom is 0.231 e. The summed E-state index contributed by atoms with van der Waals surface area (Å²) in [5, 5.41) is 24.9. The topological polar surface area (TPSA) is 101 Å². The molecule has 0 aliphatic carbocycles. The molecule has 4 rings (SSSR count). The number of fused-ring (bicyclic) bond motifs is 1. The molecule has 7 heteroatoms. The third-order valence-corrected chi connectivity index (χ3v) is 4.97. The van der Waals surface area contributed by atoms with Gasteiger partial charge in [0.25, 0.3) is 0 Å². The minimum absolute atomic E-state index is 0.0250. The van der Waals surface area contributed by atoms with Gasteiger partial charge in [-0.25, -0.2) is 0 Å². The molecule has 7 nitrogen and oxygen atoms in total. The Balaban J connectivity index is 1.90. The summed E-state index contributed by atoms with van der Waals surface area (Å²) in [6.45, 7) is 4.09. The second-order valence-corrected chi connectivity index (χ2v) is 7.24. The van der Waals surface area contributed by atoms with Crippen LogP contribution in [0.3, 0.4) is 0 Å². The summed E-state index contributed by atoms with van der Waals surface area (Å²) in [6, 6.07) is 18.1. The molecule has 0 saturated carbocycles. The number of aromatic hydroxyl groups is 2. The lowest BCUT2D eigenvalue weighted by molar-refractivity contribution is 0.174. The summed E-state index contributed by atoms with van der Waals surface area (Å²) in [4.78, 5) is 1.82. The highest BCUT2D eigenvalue weighted by Gasteiger charge is 2.25. The molecule has 0 spiro atoms. The van der Waals surface area contributed by atoms with Crippen molar-refractivity contribution < 1.29 is 19.7 Å². The molecule has 0 bridgehead atoms. The lowest BCUT2D eigenvalue weighted by atomic mass is 9.98. The van der Waals surface area contributed by atoms with Crippen LogP contribution in [0.1, 0.15) is 30.9 Å². The van der Waals surface area contributed by atoms with Gasteiger partial charge in [-0.3, -0.25) is 4.90 Å². The number of benzene rings is 3. The zero-order valence-corrected chi connectivity index (χ0v) is 16.7. The molecule has 0 saturated heterocycles. The van der Waals surface area contributed by atoms with E-state index in [-0.39, 0.29) is 24.2 Å². The number of para-hydroxylation sites is 1. The largest absolute Gasteiger partial charge is 0.508 e. The first kappa shape index (κ1) is 19.4. The Morgan fingerprint density at radius 1 is 0.933 bits per heavy atom. The number of hydrogen-bond donors (Lipinski definition) is 3. The first-order chi connectivity index (χ1) is 14.5. The molecule has 0 radical (unpaired) electrons. The summed E-state index contributed by atoms with van der Waals surface area (Å²) in [7, 11) is 0. The molecule has 1 heterocycles. The van der Waals surface area contributed by atoms with Crippen molar-refractivity contribution in [1.82, 2.24) is 0 Å². The predicted octanol–water partition coefficient (Wildman–Crippen LogP) is 4.41. The highest BCUT2D eigenvalue weighted by Crippen LogP contribution is 2.40. The highest BCUT2D eigenvalue weighted by atomic mass is 16.7. The number of rotatable bonds is 4. The van der Waals surface area contributed by atoms with Crippen molar-refractivity contribution in [2.24, 2.45) is 10.9 Å². The van der Waals surface area contributed by atoms with Crippen molar-refractivity contribution >= 4 is 17.2 Å². The van der Waals surface area contributed by atoms with E-state index in [1.807, 2.05) is 67.3 Å². The van der Waals surface area contributed by atoms with Gasteiger partial charge in [-0.2, -0.15) is 5.10 Å². The van der Waals surface area contributed by atoms with Crippen LogP contribution in [0.4, 0.5) is 11.4 Å². The van der Waals surface area contributed by atoms with Crippen LogP contribution in [-0.2, 0) is 0 Å². The van der Waals surface area contributed by atoms with Gasteiger partial charge in [0.05, 0.1) is 11.3 Å². The molecular weight excluding hydrogens is 382 g/mol. The Kier molecular flexibility index (Phi) is 5.10. The molecule has 30 heavy (non-hydrogen) atoms. The van der Waals surface area contributed by atoms with Crippen LogP contribution in [0, 0.1) is 0 Å². The van der Waals surface area contributed by atoms with Crippen LogP contribution < -0.4 is 20.2 Å². The summed E-state index contributed by atoms with van der Waals surface area (Å²) in [5.41, 5.74) is 2.61. The summed E-state index contributed by atoms with van der Waals surface area (Å²) >= 11 is 0. The Morgan fingerprint density at radius 2 is 1.67 bits per heavy atom. The Labute approximate surface area is 174 Å². The lowest BCUT2D eigenvalue weighted by Gasteiger charge is -2.27. The molecule has 0 unspecified atom stereocenters. The Morgan fingerprint density at radius 3 is 2.37 bits per heavy atom. The number of hydrogen-bond acceptors (Lipinski definition) is 6.